The first-order chi connectivity index (χ1) is 8.06. The van der Waals surface area contributed by atoms with E-state index in [2.05, 4.69) is 31.4 Å². The Bertz CT molecular complexity index is 530. The number of anilines is 2. The van der Waals surface area contributed by atoms with Crippen LogP contribution in [0.25, 0.3) is 0 Å². The molecule has 0 aliphatic rings. The van der Waals surface area contributed by atoms with Crippen molar-refractivity contribution < 1.29 is 4.42 Å². The highest BCUT2D eigenvalue weighted by atomic mass is 79.9. The molecule has 17 heavy (non-hydrogen) atoms. The molecule has 0 saturated heterocycles. The van der Waals surface area contributed by atoms with E-state index in [1.54, 1.807) is 19.1 Å². The van der Waals surface area contributed by atoms with Gasteiger partial charge in [-0.15, -0.1) is 16.7 Å². The van der Waals surface area contributed by atoms with Crippen LogP contribution in [0.2, 0.25) is 5.02 Å². The van der Waals surface area contributed by atoms with Crippen LogP contribution in [-0.2, 0) is 0 Å². The summed E-state index contributed by atoms with van der Waals surface area (Å²) in [7, 11) is 0. The molecular formula is C10H8BrCl2N3O. The Balaban J connectivity index is 2.19. The maximum Gasteiger partial charge on any atom is 0.320 e. The van der Waals surface area contributed by atoms with Gasteiger partial charge in [-0.05, 0) is 25.1 Å². The van der Waals surface area contributed by atoms with Crippen molar-refractivity contribution in [2.45, 2.75) is 12.3 Å². The van der Waals surface area contributed by atoms with Crippen LogP contribution in [0, 0.1) is 0 Å². The van der Waals surface area contributed by atoms with E-state index in [0.717, 1.165) is 4.47 Å². The molecule has 4 nitrogen and oxygen atoms in total. The quantitative estimate of drug-likeness (QED) is 0.836. The molecule has 0 fully saturated rings. The summed E-state index contributed by atoms with van der Waals surface area (Å²) in [5.41, 5.74) is 0.687. The van der Waals surface area contributed by atoms with E-state index < -0.39 is 0 Å². The molecule has 1 N–H and O–H groups in total. The van der Waals surface area contributed by atoms with Gasteiger partial charge < -0.3 is 9.73 Å². The summed E-state index contributed by atoms with van der Waals surface area (Å²) >= 11 is 15.2. The molecule has 2 rings (SSSR count). The molecule has 90 valence electrons. The molecule has 1 atom stereocenters. The van der Waals surface area contributed by atoms with Gasteiger partial charge in [0.05, 0.1) is 10.7 Å². The molecule has 0 radical (unpaired) electrons. The number of benzene rings is 1. The Labute approximate surface area is 116 Å². The van der Waals surface area contributed by atoms with Crippen LogP contribution >= 0.6 is 39.1 Å². The van der Waals surface area contributed by atoms with Crippen LogP contribution in [0.5, 0.6) is 0 Å². The maximum absolute atomic E-state index is 6.04. The Morgan fingerprint density at radius 1 is 1.41 bits per heavy atom. The predicted octanol–water partition coefficient (Wildman–Crippen LogP) is 4.53. The molecule has 0 aliphatic heterocycles. The highest BCUT2D eigenvalue weighted by molar-refractivity contribution is 9.10. The second kappa shape index (κ2) is 5.25. The molecule has 0 spiro atoms. The molecule has 0 saturated carbocycles. The number of nitrogens with zero attached hydrogens (tertiary/aromatic N) is 2. The Hall–Kier alpha value is -0.780. The van der Waals surface area contributed by atoms with Gasteiger partial charge in [-0.2, -0.15) is 0 Å². The van der Waals surface area contributed by atoms with Crippen molar-refractivity contribution in [3.05, 3.63) is 33.6 Å². The standard InChI is InChI=1S/C10H8BrCl2N3O/c1-5(12)9-15-16-10(17-9)14-8-3-2-6(11)4-7(8)13/h2-5H,1H3,(H,14,16). The summed E-state index contributed by atoms with van der Waals surface area (Å²) in [5.74, 6) is 0.363. The van der Waals surface area contributed by atoms with Gasteiger partial charge >= 0.3 is 6.01 Å². The lowest BCUT2D eigenvalue weighted by Crippen LogP contribution is -1.91. The molecule has 0 aliphatic carbocycles. The van der Waals surface area contributed by atoms with E-state index in [4.69, 9.17) is 27.6 Å². The van der Waals surface area contributed by atoms with Gasteiger partial charge in [-0.1, -0.05) is 32.6 Å². The van der Waals surface area contributed by atoms with Crippen molar-refractivity contribution in [2.75, 3.05) is 5.32 Å². The summed E-state index contributed by atoms with van der Waals surface area (Å²) < 4.78 is 6.20. The maximum atomic E-state index is 6.04. The SMILES string of the molecule is CC(Cl)c1nnc(Nc2ccc(Br)cc2Cl)o1. The third-order valence-electron chi connectivity index (χ3n) is 1.95. The first-order valence-electron chi connectivity index (χ1n) is 4.76. The Morgan fingerprint density at radius 2 is 2.18 bits per heavy atom. The minimum absolute atomic E-state index is 0.261. The minimum Gasteiger partial charge on any atom is -0.406 e. The van der Waals surface area contributed by atoms with Crippen molar-refractivity contribution >= 4 is 50.8 Å². The number of halogens is 3. The van der Waals surface area contributed by atoms with Gasteiger partial charge in [0.1, 0.15) is 5.38 Å². The summed E-state index contributed by atoms with van der Waals surface area (Å²) in [6.45, 7) is 1.76. The summed E-state index contributed by atoms with van der Waals surface area (Å²) in [5, 5.41) is 10.8. The topological polar surface area (TPSA) is 51.0 Å². The Morgan fingerprint density at radius 3 is 2.76 bits per heavy atom. The average Bonchev–Trinajstić information content (AvgIpc) is 2.71. The largest absolute Gasteiger partial charge is 0.406 e. The van der Waals surface area contributed by atoms with Gasteiger partial charge in [0.25, 0.3) is 0 Å². The lowest BCUT2D eigenvalue weighted by Gasteiger charge is -2.03. The highest BCUT2D eigenvalue weighted by Gasteiger charge is 2.12. The van der Waals surface area contributed by atoms with E-state index in [-0.39, 0.29) is 11.4 Å². The number of hydrogen-bond acceptors (Lipinski definition) is 4. The number of hydrogen-bond donors (Lipinski definition) is 1. The van der Waals surface area contributed by atoms with Gasteiger partial charge in [0.2, 0.25) is 5.89 Å². The van der Waals surface area contributed by atoms with E-state index in [9.17, 15) is 0 Å². The van der Waals surface area contributed by atoms with E-state index >= 15 is 0 Å². The average molecular weight is 337 g/mol. The van der Waals surface area contributed by atoms with E-state index in [1.165, 1.54) is 0 Å². The second-order valence-corrected chi connectivity index (χ2v) is 5.29. The molecule has 0 amide bonds. The van der Waals surface area contributed by atoms with Crippen molar-refractivity contribution in [1.29, 1.82) is 0 Å². The van der Waals surface area contributed by atoms with Gasteiger partial charge in [-0.3, -0.25) is 0 Å². The van der Waals surface area contributed by atoms with Gasteiger partial charge in [0, 0.05) is 4.47 Å². The molecular weight excluding hydrogens is 329 g/mol. The highest BCUT2D eigenvalue weighted by Crippen LogP contribution is 2.28. The smallest absolute Gasteiger partial charge is 0.320 e. The summed E-state index contributed by atoms with van der Waals surface area (Å²) in [6.07, 6.45) is 0. The number of aromatic nitrogens is 2. The van der Waals surface area contributed by atoms with Gasteiger partial charge in [0.15, 0.2) is 0 Å². The number of rotatable bonds is 3. The zero-order valence-electron chi connectivity index (χ0n) is 8.75. The normalized spacial score (nSPS) is 12.5. The van der Waals surface area contributed by atoms with E-state index in [1.807, 2.05) is 6.07 Å². The summed E-state index contributed by atoms with van der Waals surface area (Å²) in [6, 6.07) is 5.69. The number of nitrogens with one attached hydrogen (secondary N) is 1. The zero-order valence-corrected chi connectivity index (χ0v) is 11.8. The fraction of sp³-hybridized carbons (Fsp3) is 0.200. The first kappa shape index (κ1) is 12.7. The van der Waals surface area contributed by atoms with Crippen LogP contribution < -0.4 is 5.32 Å². The number of alkyl halides is 1. The van der Waals surface area contributed by atoms with Crippen LogP contribution in [-0.4, -0.2) is 10.2 Å². The lowest BCUT2D eigenvalue weighted by atomic mass is 10.3. The van der Waals surface area contributed by atoms with Crippen molar-refractivity contribution in [2.24, 2.45) is 0 Å². The molecule has 1 heterocycles. The molecule has 0 bridgehead atoms. The fourth-order valence-corrected chi connectivity index (χ4v) is 1.96. The van der Waals surface area contributed by atoms with Gasteiger partial charge in [-0.25, -0.2) is 0 Å². The third-order valence-corrected chi connectivity index (χ3v) is 2.95. The molecule has 2 aromatic rings. The monoisotopic (exact) mass is 335 g/mol. The van der Waals surface area contributed by atoms with Crippen LogP contribution in [0.15, 0.2) is 27.1 Å². The molecule has 1 unspecified atom stereocenters. The van der Waals surface area contributed by atoms with Crippen molar-refractivity contribution in [1.82, 2.24) is 10.2 Å². The van der Waals surface area contributed by atoms with Crippen LogP contribution in [0.4, 0.5) is 11.7 Å². The molecule has 7 heteroatoms. The Kier molecular flexibility index (Phi) is 3.91. The first-order valence-corrected chi connectivity index (χ1v) is 6.36. The fourth-order valence-electron chi connectivity index (χ4n) is 1.15. The summed E-state index contributed by atoms with van der Waals surface area (Å²) in [4.78, 5) is 0. The zero-order chi connectivity index (χ0) is 12.4. The van der Waals surface area contributed by atoms with Crippen LogP contribution in [0.1, 0.15) is 18.2 Å². The van der Waals surface area contributed by atoms with E-state index in [0.29, 0.717) is 16.6 Å². The van der Waals surface area contributed by atoms with Crippen molar-refractivity contribution in [3.8, 4) is 0 Å². The molecule has 1 aromatic heterocycles. The lowest BCUT2D eigenvalue weighted by molar-refractivity contribution is 0.510. The molecule has 1 aromatic carbocycles. The van der Waals surface area contributed by atoms with Crippen molar-refractivity contribution in [3.63, 3.8) is 0 Å². The minimum atomic E-state index is -0.321. The second-order valence-electron chi connectivity index (χ2n) is 3.31. The third kappa shape index (κ3) is 3.12. The van der Waals surface area contributed by atoms with Crippen LogP contribution in [0.3, 0.4) is 0 Å². The predicted molar refractivity (Wildman–Crippen MR) is 71.0 cm³/mol.